The lowest BCUT2D eigenvalue weighted by Crippen LogP contribution is -2.57. The summed E-state index contributed by atoms with van der Waals surface area (Å²) < 4.78 is 29.9. The molecule has 16 heavy (non-hydrogen) atoms. The van der Waals surface area contributed by atoms with Crippen LogP contribution in [0, 0.1) is 0 Å². The summed E-state index contributed by atoms with van der Waals surface area (Å²) in [4.78, 5) is 0. The van der Waals surface area contributed by atoms with Crippen LogP contribution in [0.4, 0.5) is 0 Å². The highest BCUT2D eigenvalue weighted by molar-refractivity contribution is 7.89. The standard InChI is InChI=1S/C8H19NO6S/c1-2-15-3-4-16(13,14)9-8(5-10,6-11)7-12/h9-12H,2-7H2,1H3. The van der Waals surface area contributed by atoms with E-state index in [9.17, 15) is 8.42 Å². The van der Waals surface area contributed by atoms with Gasteiger partial charge in [0.05, 0.1) is 32.2 Å². The number of aliphatic hydroxyl groups excluding tert-OH is 3. The lowest BCUT2D eigenvalue weighted by atomic mass is 10.1. The van der Waals surface area contributed by atoms with E-state index < -0.39 is 35.4 Å². The van der Waals surface area contributed by atoms with Crippen molar-refractivity contribution >= 4 is 10.0 Å². The van der Waals surface area contributed by atoms with Crippen molar-refractivity contribution in [2.45, 2.75) is 12.5 Å². The summed E-state index contributed by atoms with van der Waals surface area (Å²) >= 11 is 0. The molecule has 0 aromatic rings. The number of sulfonamides is 1. The molecule has 0 bridgehead atoms. The first-order valence-corrected chi connectivity index (χ1v) is 6.52. The van der Waals surface area contributed by atoms with Crippen LogP contribution >= 0.6 is 0 Å². The van der Waals surface area contributed by atoms with Crippen LogP contribution in [0.25, 0.3) is 0 Å². The van der Waals surface area contributed by atoms with Crippen molar-refractivity contribution in [3.8, 4) is 0 Å². The van der Waals surface area contributed by atoms with Gasteiger partial charge in [0.15, 0.2) is 0 Å². The molecule has 0 atom stereocenters. The summed E-state index contributed by atoms with van der Waals surface area (Å²) in [7, 11) is -3.70. The lowest BCUT2D eigenvalue weighted by Gasteiger charge is -2.28. The van der Waals surface area contributed by atoms with Crippen molar-refractivity contribution in [3.05, 3.63) is 0 Å². The highest BCUT2D eigenvalue weighted by atomic mass is 32.2. The maximum Gasteiger partial charge on any atom is 0.214 e. The molecule has 8 heteroatoms. The van der Waals surface area contributed by atoms with Crippen molar-refractivity contribution in [1.82, 2.24) is 4.72 Å². The first-order valence-electron chi connectivity index (χ1n) is 4.87. The Balaban J connectivity index is 4.42. The first kappa shape index (κ1) is 15.8. The van der Waals surface area contributed by atoms with E-state index in [-0.39, 0.29) is 12.4 Å². The van der Waals surface area contributed by atoms with Crippen molar-refractivity contribution in [2.24, 2.45) is 0 Å². The van der Waals surface area contributed by atoms with Gasteiger partial charge in [-0.05, 0) is 6.92 Å². The quantitative estimate of drug-likeness (QED) is 0.344. The van der Waals surface area contributed by atoms with Gasteiger partial charge >= 0.3 is 0 Å². The molecule has 0 aliphatic rings. The number of hydrogen-bond donors (Lipinski definition) is 4. The average molecular weight is 257 g/mol. The largest absolute Gasteiger partial charge is 0.394 e. The van der Waals surface area contributed by atoms with Crippen molar-refractivity contribution < 1.29 is 28.5 Å². The molecule has 0 rings (SSSR count). The monoisotopic (exact) mass is 257 g/mol. The molecule has 0 fully saturated rings. The molecule has 0 amide bonds. The Bertz CT molecular complexity index is 266. The van der Waals surface area contributed by atoms with Crippen molar-refractivity contribution in [2.75, 3.05) is 38.8 Å². The summed E-state index contributed by atoms with van der Waals surface area (Å²) in [5.74, 6) is -0.289. The van der Waals surface area contributed by atoms with E-state index in [1.807, 2.05) is 0 Å². The second kappa shape index (κ2) is 7.15. The average Bonchev–Trinajstić information content (AvgIpc) is 2.26. The van der Waals surface area contributed by atoms with Gasteiger partial charge in [-0.1, -0.05) is 0 Å². The summed E-state index contributed by atoms with van der Waals surface area (Å²) in [6.07, 6.45) is 0. The lowest BCUT2D eigenvalue weighted by molar-refractivity contribution is 0.0579. The Morgan fingerprint density at radius 1 is 1.19 bits per heavy atom. The van der Waals surface area contributed by atoms with E-state index in [2.05, 4.69) is 4.72 Å². The van der Waals surface area contributed by atoms with Gasteiger partial charge in [-0.2, -0.15) is 0 Å². The molecule has 0 spiro atoms. The van der Waals surface area contributed by atoms with Gasteiger partial charge in [-0.15, -0.1) is 0 Å². The van der Waals surface area contributed by atoms with Crippen LogP contribution in [0.15, 0.2) is 0 Å². The fraction of sp³-hybridized carbons (Fsp3) is 1.00. The zero-order valence-electron chi connectivity index (χ0n) is 9.22. The zero-order valence-corrected chi connectivity index (χ0v) is 10.0. The number of nitrogens with one attached hydrogen (secondary N) is 1. The Kier molecular flexibility index (Phi) is 7.04. The highest BCUT2D eigenvalue weighted by Crippen LogP contribution is 2.04. The van der Waals surface area contributed by atoms with Crippen LogP contribution in [0.5, 0.6) is 0 Å². The van der Waals surface area contributed by atoms with Crippen LogP contribution in [-0.4, -0.2) is 68.1 Å². The first-order chi connectivity index (χ1) is 7.45. The normalized spacial score (nSPS) is 13.0. The molecule has 0 heterocycles. The van der Waals surface area contributed by atoms with E-state index in [0.29, 0.717) is 6.61 Å². The van der Waals surface area contributed by atoms with Gasteiger partial charge in [0.1, 0.15) is 5.54 Å². The van der Waals surface area contributed by atoms with Gasteiger partial charge in [0.25, 0.3) is 0 Å². The SMILES string of the molecule is CCOCCS(=O)(=O)NC(CO)(CO)CO. The fourth-order valence-corrected chi connectivity index (χ4v) is 2.23. The smallest absolute Gasteiger partial charge is 0.214 e. The molecule has 0 radical (unpaired) electrons. The molecule has 0 saturated heterocycles. The third-order valence-corrected chi connectivity index (χ3v) is 3.43. The molecular formula is C8H19NO6S. The number of aliphatic hydroxyl groups is 3. The second-order valence-corrected chi connectivity index (χ2v) is 5.21. The molecular weight excluding hydrogens is 238 g/mol. The molecule has 4 N–H and O–H groups in total. The summed E-state index contributed by atoms with van der Waals surface area (Å²) in [5, 5.41) is 26.8. The molecule has 0 aromatic heterocycles. The number of hydrogen-bond acceptors (Lipinski definition) is 6. The Morgan fingerprint density at radius 3 is 2.06 bits per heavy atom. The summed E-state index contributed by atoms with van der Waals surface area (Å²) in [6, 6.07) is 0. The van der Waals surface area contributed by atoms with E-state index in [1.165, 1.54) is 0 Å². The van der Waals surface area contributed by atoms with E-state index >= 15 is 0 Å². The molecule has 0 aliphatic carbocycles. The van der Waals surface area contributed by atoms with Gasteiger partial charge < -0.3 is 20.1 Å². The Labute approximate surface area is 95.1 Å². The van der Waals surface area contributed by atoms with Crippen LogP contribution < -0.4 is 4.72 Å². The number of ether oxygens (including phenoxy) is 1. The predicted octanol–water partition coefficient (Wildman–Crippen LogP) is -2.34. The van der Waals surface area contributed by atoms with Gasteiger partial charge in [-0.3, -0.25) is 0 Å². The molecule has 0 unspecified atom stereocenters. The fourth-order valence-electron chi connectivity index (χ4n) is 0.941. The summed E-state index contributed by atoms with van der Waals surface area (Å²) in [5.41, 5.74) is -1.62. The zero-order chi connectivity index (χ0) is 12.7. The van der Waals surface area contributed by atoms with Crippen molar-refractivity contribution in [1.29, 1.82) is 0 Å². The van der Waals surface area contributed by atoms with Gasteiger partial charge in [-0.25, -0.2) is 13.1 Å². The topological polar surface area (TPSA) is 116 Å². The molecule has 0 aromatic carbocycles. The maximum atomic E-state index is 11.5. The predicted molar refractivity (Wildman–Crippen MR) is 57.4 cm³/mol. The van der Waals surface area contributed by atoms with Crippen LogP contribution in [-0.2, 0) is 14.8 Å². The van der Waals surface area contributed by atoms with E-state index in [0.717, 1.165) is 0 Å². The number of rotatable bonds is 9. The van der Waals surface area contributed by atoms with Crippen LogP contribution in [0.2, 0.25) is 0 Å². The summed E-state index contributed by atoms with van der Waals surface area (Å²) in [6.45, 7) is 0.0972. The maximum absolute atomic E-state index is 11.5. The third kappa shape index (κ3) is 5.19. The minimum absolute atomic E-state index is 0.0181. The van der Waals surface area contributed by atoms with Crippen LogP contribution in [0.3, 0.4) is 0 Å². The Hall–Kier alpha value is -0.250. The van der Waals surface area contributed by atoms with Gasteiger partial charge in [0, 0.05) is 6.61 Å². The highest BCUT2D eigenvalue weighted by Gasteiger charge is 2.32. The molecule has 0 saturated carbocycles. The van der Waals surface area contributed by atoms with E-state index in [1.54, 1.807) is 6.92 Å². The molecule has 98 valence electrons. The molecule has 0 aliphatic heterocycles. The third-order valence-electron chi connectivity index (χ3n) is 1.98. The Morgan fingerprint density at radius 2 is 1.69 bits per heavy atom. The van der Waals surface area contributed by atoms with Gasteiger partial charge in [0.2, 0.25) is 10.0 Å². The van der Waals surface area contributed by atoms with Crippen LogP contribution in [0.1, 0.15) is 6.92 Å². The van der Waals surface area contributed by atoms with E-state index in [4.69, 9.17) is 20.1 Å². The minimum atomic E-state index is -3.70. The van der Waals surface area contributed by atoms with Crippen molar-refractivity contribution in [3.63, 3.8) is 0 Å². The minimum Gasteiger partial charge on any atom is -0.394 e. The molecule has 7 nitrogen and oxygen atoms in total. The second-order valence-electron chi connectivity index (χ2n) is 3.37.